The van der Waals surface area contributed by atoms with Gasteiger partial charge in [-0.1, -0.05) is 50.1 Å². The van der Waals surface area contributed by atoms with E-state index in [4.69, 9.17) is 16.7 Å². The number of aliphatic carboxylic acids is 1. The number of aliphatic hydroxyl groups excluding tert-OH is 3. The Balaban J connectivity index is 0.000000342. The Kier molecular flexibility index (Phi) is 8.70. The van der Waals surface area contributed by atoms with E-state index in [1.165, 1.54) is 5.56 Å². The van der Waals surface area contributed by atoms with E-state index in [-0.39, 0.29) is 41.3 Å². The van der Waals surface area contributed by atoms with Crippen LogP contribution in [0.5, 0.6) is 0 Å². The lowest BCUT2D eigenvalue weighted by atomic mass is 9.43. The van der Waals surface area contributed by atoms with E-state index in [1.807, 2.05) is 31.2 Å². The minimum Gasteiger partial charge on any atom is -0.481 e. The van der Waals surface area contributed by atoms with Crippen LogP contribution in [0.15, 0.2) is 24.3 Å². The van der Waals surface area contributed by atoms with Gasteiger partial charge in [0.1, 0.15) is 0 Å². The number of hydrogen-bond donors (Lipinski definition) is 4. The zero-order valence-electron chi connectivity index (χ0n) is 22.9. The van der Waals surface area contributed by atoms with Crippen molar-refractivity contribution in [3.63, 3.8) is 0 Å². The van der Waals surface area contributed by atoms with Gasteiger partial charge < -0.3 is 20.4 Å². The van der Waals surface area contributed by atoms with Crippen LogP contribution in [-0.2, 0) is 4.79 Å². The number of carbonyl (C=O) groups is 1. The number of hydrogen-bond acceptors (Lipinski definition) is 4. The predicted molar refractivity (Wildman–Crippen MR) is 146 cm³/mol. The number of carboxylic acid groups (broad SMARTS) is 1. The van der Waals surface area contributed by atoms with Crippen LogP contribution in [0.4, 0.5) is 0 Å². The fourth-order valence-electron chi connectivity index (χ4n) is 9.22. The highest BCUT2D eigenvalue weighted by Gasteiger charge is 2.65. The number of fused-ring (bicyclic) bond motifs is 5. The van der Waals surface area contributed by atoms with Gasteiger partial charge in [0.15, 0.2) is 0 Å². The third-order valence-corrected chi connectivity index (χ3v) is 11.6. The van der Waals surface area contributed by atoms with Gasteiger partial charge in [-0.15, -0.1) is 0 Å². The van der Waals surface area contributed by atoms with Crippen molar-refractivity contribution in [2.24, 2.45) is 46.3 Å². The predicted octanol–water partition coefficient (Wildman–Crippen LogP) is 6.10. The average molecular weight is 535 g/mol. The number of benzene rings is 1. The molecule has 208 valence electrons. The Morgan fingerprint density at radius 1 is 1.03 bits per heavy atom. The van der Waals surface area contributed by atoms with Crippen LogP contribution in [0.2, 0.25) is 5.02 Å². The summed E-state index contributed by atoms with van der Waals surface area (Å²) in [7, 11) is 0. The molecule has 1 aromatic carbocycles. The summed E-state index contributed by atoms with van der Waals surface area (Å²) >= 11 is 5.61. The Bertz CT molecular complexity index is 915. The van der Waals surface area contributed by atoms with Gasteiger partial charge in [0.2, 0.25) is 0 Å². The van der Waals surface area contributed by atoms with E-state index in [0.717, 1.165) is 50.0 Å². The maximum absolute atomic E-state index is 11.5. The number of rotatable bonds is 4. The molecule has 1 aromatic rings. The first-order valence-electron chi connectivity index (χ1n) is 14.4. The molecule has 6 heteroatoms. The molecule has 0 spiro atoms. The molecule has 4 N–H and O–H groups in total. The standard InChI is InChI=1S/C24H40O5.C7H7Cl/c1-13(4-7-21(28)29)16-5-6-17-22-18(12-20(27)24(16,17)3)23(2)9-8-15(25)10-14(23)11-19(22)26;1-6-2-4-7(8)5-3-6/h13-20,22,25-27H,4-12H2,1-3H3,(H,28,29);2-5H,1H3/t13-,14+,15-,16-,17+,18+,19-,20+,22+,23+,24-;/m1./s1. The Hall–Kier alpha value is -1.14. The molecule has 0 amide bonds. The molecule has 5 rings (SSSR count). The molecular weight excluding hydrogens is 488 g/mol. The van der Waals surface area contributed by atoms with Crippen molar-refractivity contribution >= 4 is 17.6 Å². The quantitative estimate of drug-likeness (QED) is 0.374. The smallest absolute Gasteiger partial charge is 0.303 e. The maximum atomic E-state index is 11.5. The van der Waals surface area contributed by atoms with Gasteiger partial charge in [0, 0.05) is 11.4 Å². The zero-order valence-corrected chi connectivity index (χ0v) is 23.7. The fraction of sp³-hybridized carbons (Fsp3) is 0.774. The molecule has 0 saturated heterocycles. The monoisotopic (exact) mass is 534 g/mol. The highest BCUT2D eigenvalue weighted by Crippen LogP contribution is 2.68. The normalized spacial score (nSPS) is 43.5. The molecule has 4 aliphatic rings. The third kappa shape index (κ3) is 5.48. The molecule has 0 heterocycles. The minimum absolute atomic E-state index is 0.0957. The van der Waals surface area contributed by atoms with Crippen molar-refractivity contribution in [2.45, 2.75) is 104 Å². The number of aliphatic hydroxyl groups is 3. The van der Waals surface area contributed by atoms with Crippen molar-refractivity contribution < 1.29 is 25.2 Å². The number of aryl methyl sites for hydroxylation is 1. The van der Waals surface area contributed by atoms with Crippen LogP contribution in [0.25, 0.3) is 0 Å². The number of halogens is 1. The van der Waals surface area contributed by atoms with Crippen molar-refractivity contribution in [3.8, 4) is 0 Å². The van der Waals surface area contributed by atoms with E-state index in [9.17, 15) is 20.1 Å². The summed E-state index contributed by atoms with van der Waals surface area (Å²) in [5.41, 5.74) is 1.10. The molecule has 37 heavy (non-hydrogen) atoms. The van der Waals surface area contributed by atoms with Crippen molar-refractivity contribution in [1.82, 2.24) is 0 Å². The summed E-state index contributed by atoms with van der Waals surface area (Å²) in [6.07, 6.45) is 6.00. The summed E-state index contributed by atoms with van der Waals surface area (Å²) in [6.45, 7) is 8.76. The Morgan fingerprint density at radius 2 is 1.70 bits per heavy atom. The summed E-state index contributed by atoms with van der Waals surface area (Å²) in [4.78, 5) is 11.1. The molecule has 4 aliphatic carbocycles. The van der Waals surface area contributed by atoms with Crippen LogP contribution < -0.4 is 0 Å². The average Bonchev–Trinajstić information content (AvgIpc) is 3.20. The van der Waals surface area contributed by atoms with Crippen LogP contribution in [-0.4, -0.2) is 44.7 Å². The number of carboxylic acids is 1. The van der Waals surface area contributed by atoms with Crippen molar-refractivity contribution in [1.29, 1.82) is 0 Å². The molecule has 5 nitrogen and oxygen atoms in total. The lowest BCUT2D eigenvalue weighted by Crippen LogP contribution is -2.62. The second kappa shape index (κ2) is 11.2. The molecule has 11 atom stereocenters. The molecular formula is C31H47ClO5. The third-order valence-electron chi connectivity index (χ3n) is 11.3. The summed E-state index contributed by atoms with van der Waals surface area (Å²) in [5.74, 6) is 0.997. The van der Waals surface area contributed by atoms with E-state index >= 15 is 0 Å². The fourth-order valence-corrected chi connectivity index (χ4v) is 9.34. The first-order valence-corrected chi connectivity index (χ1v) is 14.7. The molecule has 0 radical (unpaired) electrons. The topological polar surface area (TPSA) is 98.0 Å². The molecule has 0 bridgehead atoms. The molecule has 0 unspecified atom stereocenters. The summed E-state index contributed by atoms with van der Waals surface area (Å²) in [6, 6.07) is 7.75. The van der Waals surface area contributed by atoms with Crippen LogP contribution >= 0.6 is 11.6 Å². The van der Waals surface area contributed by atoms with Gasteiger partial charge in [-0.25, -0.2) is 0 Å². The lowest BCUT2D eigenvalue weighted by Gasteiger charge is -2.63. The maximum Gasteiger partial charge on any atom is 0.303 e. The van der Waals surface area contributed by atoms with E-state index in [2.05, 4.69) is 20.8 Å². The van der Waals surface area contributed by atoms with Crippen LogP contribution in [0, 0.1) is 53.3 Å². The van der Waals surface area contributed by atoms with E-state index in [1.54, 1.807) is 0 Å². The van der Waals surface area contributed by atoms with Gasteiger partial charge >= 0.3 is 5.97 Å². The van der Waals surface area contributed by atoms with Crippen LogP contribution in [0.3, 0.4) is 0 Å². The Labute approximate surface area is 227 Å². The second-order valence-electron chi connectivity index (χ2n) is 13.2. The zero-order chi connectivity index (χ0) is 27.1. The van der Waals surface area contributed by atoms with Gasteiger partial charge in [-0.05, 0) is 117 Å². The highest BCUT2D eigenvalue weighted by atomic mass is 35.5. The van der Waals surface area contributed by atoms with E-state index < -0.39 is 12.1 Å². The lowest BCUT2D eigenvalue weighted by molar-refractivity contribution is -0.207. The second-order valence-corrected chi connectivity index (χ2v) is 13.7. The SMILES string of the molecule is C[C@H](CCC(=O)O)[C@H]1CC[C@H]2[C@@H]3[C@H](O)C[C@@H]4C[C@H](O)CC[C@]4(C)[C@H]3C[C@H](O)[C@]12C.Cc1ccc(Cl)cc1. The molecule has 4 saturated carbocycles. The van der Waals surface area contributed by atoms with E-state index in [0.29, 0.717) is 30.1 Å². The van der Waals surface area contributed by atoms with Crippen LogP contribution in [0.1, 0.15) is 84.1 Å². The summed E-state index contributed by atoms with van der Waals surface area (Å²) < 4.78 is 0. The van der Waals surface area contributed by atoms with Gasteiger partial charge in [-0.3, -0.25) is 4.79 Å². The van der Waals surface area contributed by atoms with Gasteiger partial charge in [0.25, 0.3) is 0 Å². The van der Waals surface area contributed by atoms with Crippen molar-refractivity contribution in [2.75, 3.05) is 0 Å². The molecule has 4 fully saturated rings. The largest absolute Gasteiger partial charge is 0.481 e. The Morgan fingerprint density at radius 3 is 2.32 bits per heavy atom. The first kappa shape index (κ1) is 28.9. The van der Waals surface area contributed by atoms with Gasteiger partial charge in [0.05, 0.1) is 18.3 Å². The summed E-state index contributed by atoms with van der Waals surface area (Å²) in [5, 5.41) is 42.8. The first-order chi connectivity index (χ1) is 17.4. The molecule has 0 aromatic heterocycles. The minimum atomic E-state index is -0.748. The highest BCUT2D eigenvalue weighted by molar-refractivity contribution is 6.30. The van der Waals surface area contributed by atoms with Gasteiger partial charge in [-0.2, -0.15) is 0 Å². The van der Waals surface area contributed by atoms with Crippen molar-refractivity contribution in [3.05, 3.63) is 34.9 Å². The molecule has 0 aliphatic heterocycles.